The molecule has 2 N–H and O–H groups in total. The van der Waals surface area contributed by atoms with Gasteiger partial charge in [0.15, 0.2) is 0 Å². The lowest BCUT2D eigenvalue weighted by Gasteiger charge is -2.54. The maximum Gasteiger partial charge on any atom is 0.490 e. The van der Waals surface area contributed by atoms with Gasteiger partial charge in [-0.25, -0.2) is 4.79 Å². The second-order valence-electron chi connectivity index (χ2n) is 6.71. The van der Waals surface area contributed by atoms with Crippen LogP contribution < -0.4 is 5.32 Å². The van der Waals surface area contributed by atoms with Gasteiger partial charge in [0.1, 0.15) is 0 Å². The highest BCUT2D eigenvalue weighted by Crippen LogP contribution is 2.50. The number of likely N-dealkylation sites (tertiary alicyclic amines) is 1. The fourth-order valence-electron chi connectivity index (χ4n) is 3.85. The lowest BCUT2D eigenvalue weighted by molar-refractivity contribution is -0.192. The number of nitrogens with zero attached hydrogens (tertiary/aromatic N) is 1. The molecule has 2 aliphatic heterocycles. The van der Waals surface area contributed by atoms with Crippen molar-refractivity contribution in [3.63, 3.8) is 0 Å². The number of halogens is 3. The van der Waals surface area contributed by atoms with Gasteiger partial charge in [0.2, 0.25) is 0 Å². The van der Waals surface area contributed by atoms with E-state index in [2.05, 4.69) is 10.2 Å². The first-order chi connectivity index (χ1) is 10.3. The zero-order valence-corrected chi connectivity index (χ0v) is 12.8. The minimum atomic E-state index is -5.08. The molecule has 128 valence electrons. The lowest BCUT2D eigenvalue weighted by Crippen LogP contribution is -2.55. The smallest absolute Gasteiger partial charge is 0.475 e. The van der Waals surface area contributed by atoms with E-state index in [9.17, 15) is 13.2 Å². The van der Waals surface area contributed by atoms with Crippen LogP contribution >= 0.6 is 0 Å². The van der Waals surface area contributed by atoms with Gasteiger partial charge in [-0.3, -0.25) is 0 Å². The van der Waals surface area contributed by atoms with E-state index in [1.807, 2.05) is 0 Å². The highest BCUT2D eigenvalue weighted by atomic mass is 19.4. The van der Waals surface area contributed by atoms with Crippen molar-refractivity contribution in [2.45, 2.75) is 57.2 Å². The van der Waals surface area contributed by atoms with Crippen LogP contribution in [-0.4, -0.2) is 54.4 Å². The Labute approximate surface area is 129 Å². The van der Waals surface area contributed by atoms with Crippen LogP contribution in [-0.2, 0) is 4.79 Å². The molecule has 3 rings (SSSR count). The molecule has 3 fully saturated rings. The molecule has 0 radical (unpaired) electrons. The van der Waals surface area contributed by atoms with Crippen LogP contribution in [0.5, 0.6) is 0 Å². The Kier molecular flexibility index (Phi) is 5.71. The molecule has 0 amide bonds. The number of carbonyl (C=O) groups is 1. The van der Waals surface area contributed by atoms with Gasteiger partial charge in [-0.2, -0.15) is 13.2 Å². The van der Waals surface area contributed by atoms with Gasteiger partial charge in [-0.1, -0.05) is 6.42 Å². The summed E-state index contributed by atoms with van der Waals surface area (Å²) in [6.07, 6.45) is 5.19. The molecule has 0 aromatic rings. The predicted molar refractivity (Wildman–Crippen MR) is 76.7 cm³/mol. The zero-order chi connectivity index (χ0) is 16.2. The summed E-state index contributed by atoms with van der Waals surface area (Å²) in [4.78, 5) is 11.7. The van der Waals surface area contributed by atoms with Crippen LogP contribution in [0.2, 0.25) is 0 Å². The van der Waals surface area contributed by atoms with E-state index < -0.39 is 12.1 Å². The lowest BCUT2D eigenvalue weighted by atomic mass is 9.60. The number of rotatable bonds is 1. The van der Waals surface area contributed by atoms with Crippen molar-refractivity contribution in [2.24, 2.45) is 5.41 Å². The molecule has 3 aliphatic rings. The van der Waals surface area contributed by atoms with Gasteiger partial charge in [0.05, 0.1) is 0 Å². The van der Waals surface area contributed by atoms with Gasteiger partial charge in [0.25, 0.3) is 0 Å². The van der Waals surface area contributed by atoms with Crippen molar-refractivity contribution in [1.82, 2.24) is 10.2 Å². The van der Waals surface area contributed by atoms with Gasteiger partial charge in [0, 0.05) is 6.04 Å². The molecular weight excluding hydrogens is 297 g/mol. The highest BCUT2D eigenvalue weighted by molar-refractivity contribution is 5.73. The third-order valence-electron chi connectivity index (χ3n) is 5.15. The van der Waals surface area contributed by atoms with E-state index in [4.69, 9.17) is 9.90 Å². The highest BCUT2D eigenvalue weighted by Gasteiger charge is 2.46. The first-order valence-corrected chi connectivity index (χ1v) is 8.07. The summed E-state index contributed by atoms with van der Waals surface area (Å²) in [6, 6.07) is 0.961. The average molecular weight is 322 g/mol. The third kappa shape index (κ3) is 4.59. The largest absolute Gasteiger partial charge is 0.490 e. The Morgan fingerprint density at radius 2 is 1.59 bits per heavy atom. The summed E-state index contributed by atoms with van der Waals surface area (Å²) in [6.45, 7) is 5.32. The molecule has 0 aromatic carbocycles. The van der Waals surface area contributed by atoms with Gasteiger partial charge < -0.3 is 15.3 Å². The summed E-state index contributed by atoms with van der Waals surface area (Å²) in [5.41, 5.74) is 0.771. The number of hydrogen-bond acceptors (Lipinski definition) is 3. The fourth-order valence-corrected chi connectivity index (χ4v) is 3.85. The second kappa shape index (κ2) is 7.17. The molecule has 2 saturated heterocycles. The number of carboxylic acid groups (broad SMARTS) is 1. The monoisotopic (exact) mass is 322 g/mol. The summed E-state index contributed by atoms with van der Waals surface area (Å²) in [5.74, 6) is -2.76. The normalized spacial score (nSPS) is 26.0. The number of carboxylic acids is 1. The Balaban J connectivity index is 0.000000217. The Morgan fingerprint density at radius 3 is 2.05 bits per heavy atom. The summed E-state index contributed by atoms with van der Waals surface area (Å²) >= 11 is 0. The Bertz CT molecular complexity index is 367. The van der Waals surface area contributed by atoms with E-state index in [0.717, 1.165) is 11.5 Å². The van der Waals surface area contributed by atoms with Crippen molar-refractivity contribution in [2.75, 3.05) is 26.2 Å². The first-order valence-electron chi connectivity index (χ1n) is 8.07. The Morgan fingerprint density at radius 1 is 1.09 bits per heavy atom. The van der Waals surface area contributed by atoms with Crippen molar-refractivity contribution < 1.29 is 23.1 Å². The molecule has 2 heterocycles. The quantitative estimate of drug-likeness (QED) is 0.779. The Hall–Kier alpha value is -0.820. The number of alkyl halides is 3. The second-order valence-corrected chi connectivity index (χ2v) is 6.71. The summed E-state index contributed by atoms with van der Waals surface area (Å²) in [5, 5.41) is 10.6. The minimum Gasteiger partial charge on any atom is -0.475 e. The number of hydrogen-bond donors (Lipinski definition) is 2. The van der Waals surface area contributed by atoms with E-state index in [0.29, 0.717) is 0 Å². The molecule has 7 heteroatoms. The molecule has 0 atom stereocenters. The average Bonchev–Trinajstić information content (AvgIpc) is 2.46. The molecule has 22 heavy (non-hydrogen) atoms. The van der Waals surface area contributed by atoms with Gasteiger partial charge in [-0.15, -0.1) is 0 Å². The fraction of sp³-hybridized carbons (Fsp3) is 0.933. The topological polar surface area (TPSA) is 52.6 Å². The molecule has 0 aromatic heterocycles. The third-order valence-corrected chi connectivity index (χ3v) is 5.15. The molecule has 0 unspecified atom stereocenters. The SMILES string of the molecule is C1CCN(C2CC3(CCNCC3)C2)CC1.O=C(O)C(F)(F)F. The van der Waals surface area contributed by atoms with E-state index >= 15 is 0 Å². The zero-order valence-electron chi connectivity index (χ0n) is 12.8. The standard InChI is InChI=1S/C13H24N2.C2HF3O2/c1-2-8-15(9-3-1)12-10-13(11-12)4-6-14-7-5-13;3-2(4,5)1(6)7/h12,14H,1-11H2;(H,6,7). The first kappa shape index (κ1) is 17.5. The van der Waals surface area contributed by atoms with Crippen molar-refractivity contribution in [3.05, 3.63) is 0 Å². The molecule has 0 bridgehead atoms. The molecule has 1 saturated carbocycles. The van der Waals surface area contributed by atoms with Crippen LogP contribution in [0.4, 0.5) is 13.2 Å². The van der Waals surface area contributed by atoms with Crippen LogP contribution in [0.3, 0.4) is 0 Å². The number of nitrogens with one attached hydrogen (secondary N) is 1. The van der Waals surface area contributed by atoms with Crippen molar-refractivity contribution in [1.29, 1.82) is 0 Å². The molecule has 1 spiro atoms. The maximum absolute atomic E-state index is 10.6. The van der Waals surface area contributed by atoms with Crippen molar-refractivity contribution >= 4 is 5.97 Å². The van der Waals surface area contributed by atoms with Crippen LogP contribution in [0.15, 0.2) is 0 Å². The molecule has 1 aliphatic carbocycles. The minimum absolute atomic E-state index is 0.771. The van der Waals surface area contributed by atoms with Crippen LogP contribution in [0.1, 0.15) is 44.9 Å². The van der Waals surface area contributed by atoms with Gasteiger partial charge in [-0.05, 0) is 70.1 Å². The van der Waals surface area contributed by atoms with Crippen LogP contribution in [0, 0.1) is 5.41 Å². The maximum atomic E-state index is 10.6. The van der Waals surface area contributed by atoms with E-state index in [-0.39, 0.29) is 0 Å². The molecular formula is C15H25F3N2O2. The van der Waals surface area contributed by atoms with Crippen LogP contribution in [0.25, 0.3) is 0 Å². The molecule has 4 nitrogen and oxygen atoms in total. The summed E-state index contributed by atoms with van der Waals surface area (Å²) < 4.78 is 31.7. The summed E-state index contributed by atoms with van der Waals surface area (Å²) in [7, 11) is 0. The number of piperidine rings is 2. The van der Waals surface area contributed by atoms with Crippen molar-refractivity contribution in [3.8, 4) is 0 Å². The predicted octanol–water partition coefficient (Wildman–Crippen LogP) is 2.64. The van der Waals surface area contributed by atoms with E-state index in [1.165, 1.54) is 71.1 Å². The van der Waals surface area contributed by atoms with E-state index in [1.54, 1.807) is 0 Å². The number of aliphatic carboxylic acids is 1. The van der Waals surface area contributed by atoms with Gasteiger partial charge >= 0.3 is 12.1 Å².